The Morgan fingerprint density at radius 3 is 0.769 bits per heavy atom. The molecule has 0 aromatic rings. The van der Waals surface area contributed by atoms with Crippen LogP contribution in [0.3, 0.4) is 0 Å². The van der Waals surface area contributed by atoms with Crippen molar-refractivity contribution < 1.29 is 45.9 Å². The van der Waals surface area contributed by atoms with E-state index in [0.29, 0.717) is 0 Å². The fourth-order valence-electron chi connectivity index (χ4n) is 0.408. The van der Waals surface area contributed by atoms with Crippen molar-refractivity contribution in [2.75, 3.05) is 23.0 Å². The van der Waals surface area contributed by atoms with Crippen LogP contribution in [0.1, 0.15) is 27.7 Å². The molecular formula is C8H20Cl2PtS2-2. The number of rotatable bonds is 4. The van der Waals surface area contributed by atoms with E-state index >= 15 is 0 Å². The van der Waals surface area contributed by atoms with Gasteiger partial charge in [-0.1, -0.05) is 27.7 Å². The van der Waals surface area contributed by atoms with Crippen molar-refractivity contribution in [1.82, 2.24) is 0 Å². The first kappa shape index (κ1) is 29.4. The quantitative estimate of drug-likeness (QED) is 0.470. The van der Waals surface area contributed by atoms with Crippen molar-refractivity contribution >= 4 is 23.5 Å². The second kappa shape index (κ2) is 37.0. The second-order valence-electron chi connectivity index (χ2n) is 1.56. The van der Waals surface area contributed by atoms with Crippen LogP contribution < -0.4 is 24.8 Å². The minimum atomic E-state index is 0. The van der Waals surface area contributed by atoms with E-state index < -0.39 is 0 Å². The van der Waals surface area contributed by atoms with Gasteiger partial charge in [-0.15, -0.1) is 0 Å². The van der Waals surface area contributed by atoms with Crippen molar-refractivity contribution in [3.8, 4) is 0 Å². The molecule has 90 valence electrons. The third-order valence-electron chi connectivity index (χ3n) is 0.816. The topological polar surface area (TPSA) is 0 Å². The summed E-state index contributed by atoms with van der Waals surface area (Å²) in [5, 5.41) is 0. The molecule has 0 fully saturated rings. The van der Waals surface area contributed by atoms with E-state index in [2.05, 4.69) is 27.7 Å². The molecule has 13 heavy (non-hydrogen) atoms. The van der Waals surface area contributed by atoms with Gasteiger partial charge in [-0.2, -0.15) is 23.5 Å². The SMILES string of the molecule is CCSCC.CCSCC.[Cl-].[Cl-].[Pt]. The van der Waals surface area contributed by atoms with Crippen LogP contribution in [0.25, 0.3) is 0 Å². The number of hydrogen-bond donors (Lipinski definition) is 0. The molecule has 0 radical (unpaired) electrons. The molecule has 0 amide bonds. The Kier molecular flexibility index (Phi) is 83.6. The summed E-state index contributed by atoms with van der Waals surface area (Å²) in [5.41, 5.74) is 0. The fourth-order valence-corrected chi connectivity index (χ4v) is 1.22. The van der Waals surface area contributed by atoms with Gasteiger partial charge in [0.2, 0.25) is 0 Å². The first-order valence-electron chi connectivity index (χ1n) is 3.98. The zero-order chi connectivity index (χ0) is 8.24. The summed E-state index contributed by atoms with van der Waals surface area (Å²) in [4.78, 5) is 0. The van der Waals surface area contributed by atoms with E-state index in [1.165, 1.54) is 23.0 Å². The molecule has 0 aliphatic carbocycles. The molecule has 0 heterocycles. The van der Waals surface area contributed by atoms with Gasteiger partial charge in [0.15, 0.2) is 0 Å². The summed E-state index contributed by atoms with van der Waals surface area (Å²) in [5.74, 6) is 5.04. The summed E-state index contributed by atoms with van der Waals surface area (Å²) < 4.78 is 0. The standard InChI is InChI=1S/2C4H10S.2ClH.Pt/c2*1-3-5-4-2;;;/h2*3-4H2,1-2H3;2*1H;/p-2. The monoisotopic (exact) mass is 445 g/mol. The van der Waals surface area contributed by atoms with Crippen molar-refractivity contribution in [3.05, 3.63) is 0 Å². The third kappa shape index (κ3) is 56.2. The largest absolute Gasteiger partial charge is 1.00 e. The minimum Gasteiger partial charge on any atom is -1.00 e. The molecule has 0 N–H and O–H groups in total. The van der Waals surface area contributed by atoms with Gasteiger partial charge in [-0.3, -0.25) is 0 Å². The van der Waals surface area contributed by atoms with Gasteiger partial charge in [-0.05, 0) is 23.0 Å². The van der Waals surface area contributed by atoms with Gasteiger partial charge < -0.3 is 24.8 Å². The van der Waals surface area contributed by atoms with E-state index in [1.807, 2.05) is 23.5 Å². The van der Waals surface area contributed by atoms with E-state index in [0.717, 1.165) is 0 Å². The molecule has 0 saturated carbocycles. The average molecular weight is 446 g/mol. The Morgan fingerprint density at radius 1 is 0.615 bits per heavy atom. The van der Waals surface area contributed by atoms with Crippen LogP contribution >= 0.6 is 23.5 Å². The second-order valence-corrected chi connectivity index (χ2v) is 4.69. The molecule has 0 rings (SSSR count). The van der Waals surface area contributed by atoms with Crippen molar-refractivity contribution in [2.45, 2.75) is 27.7 Å². The summed E-state index contributed by atoms with van der Waals surface area (Å²) in [6, 6.07) is 0. The van der Waals surface area contributed by atoms with Crippen LogP contribution in [0.2, 0.25) is 0 Å². The molecule has 0 saturated heterocycles. The third-order valence-corrected chi connectivity index (χ3v) is 2.45. The Balaban J connectivity index is -0.0000000267. The van der Waals surface area contributed by atoms with E-state index in [4.69, 9.17) is 0 Å². The molecule has 5 heteroatoms. The zero-order valence-corrected chi connectivity index (χ0v) is 14.1. The van der Waals surface area contributed by atoms with Crippen LogP contribution in [0.15, 0.2) is 0 Å². The molecule has 0 bridgehead atoms. The van der Waals surface area contributed by atoms with E-state index in [9.17, 15) is 0 Å². The van der Waals surface area contributed by atoms with Gasteiger partial charge >= 0.3 is 0 Å². The molecule has 0 nitrogen and oxygen atoms in total. The zero-order valence-electron chi connectivity index (χ0n) is 8.72. The van der Waals surface area contributed by atoms with Crippen molar-refractivity contribution in [1.29, 1.82) is 0 Å². The Bertz CT molecular complexity index is 41.1. The molecule has 0 unspecified atom stereocenters. The summed E-state index contributed by atoms with van der Waals surface area (Å²) >= 11 is 3.93. The van der Waals surface area contributed by atoms with Gasteiger partial charge in [0.05, 0.1) is 0 Å². The first-order chi connectivity index (χ1) is 4.83. The van der Waals surface area contributed by atoms with Crippen LogP contribution in [0.5, 0.6) is 0 Å². The first-order valence-corrected chi connectivity index (χ1v) is 6.29. The van der Waals surface area contributed by atoms with E-state index in [1.54, 1.807) is 0 Å². The Hall–Kier alpha value is 1.97. The maximum absolute atomic E-state index is 2.17. The average Bonchev–Trinajstić information content (AvgIpc) is 1.93. The van der Waals surface area contributed by atoms with Gasteiger partial charge in [0.25, 0.3) is 0 Å². The molecule has 0 aromatic heterocycles. The molecular weight excluding hydrogens is 426 g/mol. The number of hydrogen-bond acceptors (Lipinski definition) is 2. The van der Waals surface area contributed by atoms with Crippen LogP contribution in [0.4, 0.5) is 0 Å². The van der Waals surface area contributed by atoms with Crippen LogP contribution in [-0.4, -0.2) is 23.0 Å². The molecule has 0 atom stereocenters. The fraction of sp³-hybridized carbons (Fsp3) is 1.00. The summed E-state index contributed by atoms with van der Waals surface area (Å²) in [6.07, 6.45) is 0. The maximum atomic E-state index is 2.17. The van der Waals surface area contributed by atoms with Gasteiger partial charge in [0.1, 0.15) is 0 Å². The summed E-state index contributed by atoms with van der Waals surface area (Å²) in [6.45, 7) is 8.70. The predicted molar refractivity (Wildman–Crippen MR) is 57.3 cm³/mol. The molecule has 0 aliphatic heterocycles. The van der Waals surface area contributed by atoms with Crippen LogP contribution in [0, 0.1) is 0 Å². The van der Waals surface area contributed by atoms with Gasteiger partial charge in [-0.25, -0.2) is 0 Å². The maximum Gasteiger partial charge on any atom is 0 e. The minimum absolute atomic E-state index is 0. The molecule has 0 spiro atoms. The van der Waals surface area contributed by atoms with Gasteiger partial charge in [0, 0.05) is 21.1 Å². The smallest absolute Gasteiger partial charge is 0 e. The number of halogens is 2. The van der Waals surface area contributed by atoms with E-state index in [-0.39, 0.29) is 45.9 Å². The molecule has 0 aromatic carbocycles. The Labute approximate surface area is 119 Å². The molecule has 0 aliphatic rings. The van der Waals surface area contributed by atoms with Crippen molar-refractivity contribution in [2.24, 2.45) is 0 Å². The predicted octanol–water partition coefficient (Wildman–Crippen LogP) is -2.48. The van der Waals surface area contributed by atoms with Crippen LogP contribution in [-0.2, 0) is 21.1 Å². The van der Waals surface area contributed by atoms with Crippen molar-refractivity contribution in [3.63, 3.8) is 0 Å². The number of thioether (sulfide) groups is 2. The normalized spacial score (nSPS) is 6.46. The Morgan fingerprint density at radius 2 is 0.769 bits per heavy atom. The summed E-state index contributed by atoms with van der Waals surface area (Å²) in [7, 11) is 0.